The van der Waals surface area contributed by atoms with E-state index in [1.54, 1.807) is 27.2 Å². The summed E-state index contributed by atoms with van der Waals surface area (Å²) in [4.78, 5) is 36.9. The van der Waals surface area contributed by atoms with Gasteiger partial charge < -0.3 is 23.8 Å². The Bertz CT molecular complexity index is 1670. The fourth-order valence-electron chi connectivity index (χ4n) is 5.10. The van der Waals surface area contributed by atoms with Gasteiger partial charge in [-0.25, -0.2) is 28.6 Å². The van der Waals surface area contributed by atoms with Crippen LogP contribution in [0.3, 0.4) is 0 Å². The van der Waals surface area contributed by atoms with E-state index in [2.05, 4.69) is 23.9 Å². The zero-order chi connectivity index (χ0) is 31.3. The molecule has 4 aromatic heterocycles. The summed E-state index contributed by atoms with van der Waals surface area (Å²) in [5.74, 6) is 1.10. The molecule has 0 unspecified atom stereocenters. The van der Waals surface area contributed by atoms with E-state index in [4.69, 9.17) is 23.9 Å². The molecule has 0 N–H and O–H groups in total. The number of nitrogens with zero attached hydrogens (tertiary/aromatic N) is 6. The molecule has 0 radical (unpaired) electrons. The van der Waals surface area contributed by atoms with Gasteiger partial charge in [0.05, 0.1) is 30.4 Å². The maximum atomic E-state index is 13.8. The molecule has 1 aliphatic rings. The Balaban J connectivity index is 1.52. The van der Waals surface area contributed by atoms with Crippen LogP contribution in [0, 0.1) is 5.92 Å². The summed E-state index contributed by atoms with van der Waals surface area (Å²) in [6.45, 7) is 16.7. The lowest BCUT2D eigenvalue weighted by Crippen LogP contribution is -2.53. The number of rotatable bonds is 6. The van der Waals surface area contributed by atoms with Gasteiger partial charge in [0.15, 0.2) is 11.4 Å². The molecular formula is C31H40N6O6. The van der Waals surface area contributed by atoms with Gasteiger partial charge in [-0.3, -0.25) is 0 Å². The quantitative estimate of drug-likeness (QED) is 0.269. The predicted molar refractivity (Wildman–Crippen MR) is 161 cm³/mol. The van der Waals surface area contributed by atoms with Crippen LogP contribution in [0.5, 0.6) is 11.6 Å². The van der Waals surface area contributed by atoms with E-state index in [-0.39, 0.29) is 17.9 Å². The van der Waals surface area contributed by atoms with E-state index in [0.29, 0.717) is 59.3 Å². The van der Waals surface area contributed by atoms with E-state index >= 15 is 0 Å². The first-order valence-electron chi connectivity index (χ1n) is 14.4. The number of pyridine rings is 2. The lowest BCUT2D eigenvalue weighted by atomic mass is 9.98. The average Bonchev–Trinajstić information content (AvgIpc) is 3.47. The fourth-order valence-corrected chi connectivity index (χ4v) is 5.10. The van der Waals surface area contributed by atoms with E-state index < -0.39 is 17.3 Å². The number of fused-ring (bicyclic) bond motifs is 2. The van der Waals surface area contributed by atoms with Crippen LogP contribution in [0.2, 0.25) is 0 Å². The number of methoxy groups -OCH3 is 1. The molecule has 1 fully saturated rings. The van der Waals surface area contributed by atoms with Crippen molar-refractivity contribution in [3.05, 3.63) is 36.3 Å². The van der Waals surface area contributed by atoms with Crippen molar-refractivity contribution < 1.29 is 28.5 Å². The number of ether oxygens (including phenoxy) is 4. The molecule has 12 nitrogen and oxygen atoms in total. The molecule has 5 rings (SSSR count). The van der Waals surface area contributed by atoms with Crippen molar-refractivity contribution in [1.29, 1.82) is 0 Å². The minimum Gasteiger partial charge on any atom is -0.493 e. The Kier molecular flexibility index (Phi) is 7.74. The summed E-state index contributed by atoms with van der Waals surface area (Å²) in [5, 5.41) is 4.31. The van der Waals surface area contributed by atoms with E-state index in [9.17, 15) is 9.59 Å². The molecule has 5 heterocycles. The first kappa shape index (κ1) is 30.1. The summed E-state index contributed by atoms with van der Waals surface area (Å²) < 4.78 is 26.2. The third-order valence-corrected chi connectivity index (χ3v) is 6.89. The van der Waals surface area contributed by atoms with Gasteiger partial charge in [0.25, 0.3) is 0 Å². The van der Waals surface area contributed by atoms with Crippen molar-refractivity contribution in [3.8, 4) is 22.9 Å². The van der Waals surface area contributed by atoms with Crippen molar-refractivity contribution in [2.24, 2.45) is 5.92 Å². The molecule has 1 saturated heterocycles. The van der Waals surface area contributed by atoms with Crippen molar-refractivity contribution in [2.45, 2.75) is 72.5 Å². The lowest BCUT2D eigenvalue weighted by Gasteiger charge is -2.39. The van der Waals surface area contributed by atoms with Gasteiger partial charge in [-0.05, 0) is 59.6 Å². The SMILES string of the molecule is COc1cc(-c2c(C(C)C)c3nc(OCC4CN(C(=O)OC(C)(C)C)C4)ccc3n2C(=O)OC(C)(C)C)cn2ncnc12. The number of aromatic nitrogens is 5. The van der Waals surface area contributed by atoms with Crippen molar-refractivity contribution in [1.82, 2.24) is 29.0 Å². The second-order valence-corrected chi connectivity index (χ2v) is 13.1. The highest BCUT2D eigenvalue weighted by Crippen LogP contribution is 2.40. The maximum absolute atomic E-state index is 13.8. The highest BCUT2D eigenvalue weighted by Gasteiger charge is 2.34. The maximum Gasteiger partial charge on any atom is 0.419 e. The molecule has 4 aromatic rings. The summed E-state index contributed by atoms with van der Waals surface area (Å²) >= 11 is 0. The standard InChI is InChI=1S/C31H40N6O6/c1-18(2)24-25-21(10-11-23(34-25)41-16-19-13-35(14-19)28(38)42-30(3,4)5)37(29(39)43-31(6,7)8)26(24)20-12-22(40-9)27-32-17-33-36(27)15-20/h10-12,15,17-19H,13-14,16H2,1-9H3. The van der Waals surface area contributed by atoms with Crippen LogP contribution in [0.1, 0.15) is 66.9 Å². The number of hydrogen-bond donors (Lipinski definition) is 0. The van der Waals surface area contributed by atoms with Crippen LogP contribution in [-0.4, -0.2) is 79.2 Å². The molecule has 0 bridgehead atoms. The van der Waals surface area contributed by atoms with E-state index in [1.165, 1.54) is 6.33 Å². The zero-order valence-electron chi connectivity index (χ0n) is 26.3. The van der Waals surface area contributed by atoms with Gasteiger partial charge in [-0.2, -0.15) is 5.10 Å². The fraction of sp³-hybridized carbons (Fsp3) is 0.516. The molecule has 1 aliphatic heterocycles. The molecule has 0 atom stereocenters. The van der Waals surface area contributed by atoms with Gasteiger partial charge in [0.2, 0.25) is 5.88 Å². The highest BCUT2D eigenvalue weighted by atomic mass is 16.6. The largest absolute Gasteiger partial charge is 0.493 e. The minimum atomic E-state index is -0.719. The van der Waals surface area contributed by atoms with Crippen molar-refractivity contribution >= 4 is 28.9 Å². The highest BCUT2D eigenvalue weighted by molar-refractivity contribution is 5.98. The Morgan fingerprint density at radius 1 is 1.02 bits per heavy atom. The molecule has 230 valence electrons. The molecular weight excluding hydrogens is 552 g/mol. The summed E-state index contributed by atoms with van der Waals surface area (Å²) in [6.07, 6.45) is 2.43. The van der Waals surface area contributed by atoms with Crippen LogP contribution in [0.15, 0.2) is 30.7 Å². The Hall–Kier alpha value is -4.35. The molecule has 12 heteroatoms. The van der Waals surface area contributed by atoms with Gasteiger partial charge in [-0.15, -0.1) is 0 Å². The molecule has 0 spiro atoms. The average molecular weight is 593 g/mol. The molecule has 43 heavy (non-hydrogen) atoms. The first-order chi connectivity index (χ1) is 20.1. The van der Waals surface area contributed by atoms with Gasteiger partial charge in [-0.1, -0.05) is 13.8 Å². The third kappa shape index (κ3) is 6.23. The normalized spacial score (nSPS) is 14.3. The summed E-state index contributed by atoms with van der Waals surface area (Å²) in [7, 11) is 1.57. The van der Waals surface area contributed by atoms with Gasteiger partial charge in [0, 0.05) is 42.4 Å². The minimum absolute atomic E-state index is 0.0182. The lowest BCUT2D eigenvalue weighted by molar-refractivity contribution is -0.00807. The van der Waals surface area contributed by atoms with Gasteiger partial charge in [0.1, 0.15) is 17.5 Å². The van der Waals surface area contributed by atoms with Crippen LogP contribution >= 0.6 is 0 Å². The van der Waals surface area contributed by atoms with Crippen molar-refractivity contribution in [3.63, 3.8) is 0 Å². The second-order valence-electron chi connectivity index (χ2n) is 13.1. The Morgan fingerprint density at radius 3 is 2.33 bits per heavy atom. The summed E-state index contributed by atoms with van der Waals surface area (Å²) in [6, 6.07) is 5.42. The number of carbonyl (C=O) groups is 2. The summed E-state index contributed by atoms with van der Waals surface area (Å²) in [5.41, 5.74) is 2.72. The van der Waals surface area contributed by atoms with Crippen LogP contribution in [-0.2, 0) is 9.47 Å². The number of hydrogen-bond acceptors (Lipinski definition) is 9. The third-order valence-electron chi connectivity index (χ3n) is 6.89. The first-order valence-corrected chi connectivity index (χ1v) is 14.4. The van der Waals surface area contributed by atoms with E-state index in [1.807, 2.05) is 59.9 Å². The molecule has 0 saturated carbocycles. The van der Waals surface area contributed by atoms with Crippen LogP contribution in [0.25, 0.3) is 27.9 Å². The van der Waals surface area contributed by atoms with Gasteiger partial charge >= 0.3 is 12.2 Å². The number of carbonyl (C=O) groups excluding carboxylic acids is 2. The smallest absolute Gasteiger partial charge is 0.419 e. The molecule has 0 aromatic carbocycles. The van der Waals surface area contributed by atoms with Crippen molar-refractivity contribution in [2.75, 3.05) is 26.8 Å². The number of amides is 1. The predicted octanol–water partition coefficient (Wildman–Crippen LogP) is 5.91. The second kappa shape index (κ2) is 11.1. The molecule has 0 aliphatic carbocycles. The van der Waals surface area contributed by atoms with Crippen LogP contribution < -0.4 is 9.47 Å². The zero-order valence-corrected chi connectivity index (χ0v) is 26.3. The monoisotopic (exact) mass is 592 g/mol. The topological polar surface area (TPSA) is 122 Å². The Morgan fingerprint density at radius 2 is 1.70 bits per heavy atom. The van der Waals surface area contributed by atoms with E-state index in [0.717, 1.165) is 5.56 Å². The van der Waals surface area contributed by atoms with Crippen LogP contribution in [0.4, 0.5) is 9.59 Å². The Labute approximate surface area is 250 Å². The molecule has 1 amide bonds. The number of likely N-dealkylation sites (tertiary alicyclic amines) is 1.